The lowest BCUT2D eigenvalue weighted by Crippen LogP contribution is -2.31. The van der Waals surface area contributed by atoms with Crippen LogP contribution in [0, 0.1) is 0 Å². The van der Waals surface area contributed by atoms with Crippen LogP contribution in [0.25, 0.3) is 0 Å². The SMILES string of the molecule is COc1ccc2c(c1)C(=O)C(=O)N2CCF. The zero-order chi connectivity index (χ0) is 11.7. The van der Waals surface area contributed by atoms with Crippen molar-refractivity contribution in [2.75, 3.05) is 25.2 Å². The average molecular weight is 223 g/mol. The van der Waals surface area contributed by atoms with E-state index >= 15 is 0 Å². The van der Waals surface area contributed by atoms with Gasteiger partial charge in [0.2, 0.25) is 0 Å². The van der Waals surface area contributed by atoms with Crippen molar-refractivity contribution in [2.24, 2.45) is 0 Å². The summed E-state index contributed by atoms with van der Waals surface area (Å²) in [6.45, 7) is -0.769. The second-order valence-electron chi connectivity index (χ2n) is 3.36. The summed E-state index contributed by atoms with van der Waals surface area (Å²) in [5, 5.41) is 0. The van der Waals surface area contributed by atoms with Gasteiger partial charge in [-0.15, -0.1) is 0 Å². The first-order valence-corrected chi connectivity index (χ1v) is 4.79. The summed E-state index contributed by atoms with van der Waals surface area (Å²) in [6, 6.07) is 4.72. The Morgan fingerprint density at radius 1 is 1.38 bits per heavy atom. The number of alkyl halides is 1. The number of Topliss-reactive ketones (excluding diaryl/α,β-unsaturated/α-hetero) is 1. The van der Waals surface area contributed by atoms with Gasteiger partial charge < -0.3 is 9.64 Å². The molecule has 1 aromatic rings. The van der Waals surface area contributed by atoms with Gasteiger partial charge in [0.15, 0.2) is 0 Å². The maximum Gasteiger partial charge on any atom is 0.299 e. The number of carbonyl (C=O) groups excluding carboxylic acids is 2. The van der Waals surface area contributed by atoms with Crippen molar-refractivity contribution < 1.29 is 18.7 Å². The molecule has 0 aliphatic carbocycles. The number of benzene rings is 1. The third kappa shape index (κ3) is 1.44. The van der Waals surface area contributed by atoms with Gasteiger partial charge in [0.05, 0.1) is 24.9 Å². The lowest BCUT2D eigenvalue weighted by molar-refractivity contribution is -0.114. The summed E-state index contributed by atoms with van der Waals surface area (Å²) in [7, 11) is 1.47. The highest BCUT2D eigenvalue weighted by Crippen LogP contribution is 2.31. The number of amides is 1. The standard InChI is InChI=1S/C11H10FNO3/c1-16-7-2-3-9-8(6-7)10(14)11(15)13(9)5-4-12/h2-3,6H,4-5H2,1H3. The molecule has 1 aliphatic rings. The quantitative estimate of drug-likeness (QED) is 0.723. The zero-order valence-corrected chi connectivity index (χ0v) is 8.70. The van der Waals surface area contributed by atoms with Gasteiger partial charge in [-0.2, -0.15) is 0 Å². The summed E-state index contributed by atoms with van der Waals surface area (Å²) in [6.07, 6.45) is 0. The van der Waals surface area contributed by atoms with Crippen LogP contribution >= 0.6 is 0 Å². The van der Waals surface area contributed by atoms with Crippen LogP contribution in [0.15, 0.2) is 18.2 Å². The molecule has 1 heterocycles. The van der Waals surface area contributed by atoms with Gasteiger partial charge in [0.25, 0.3) is 11.7 Å². The molecular weight excluding hydrogens is 213 g/mol. The number of halogens is 1. The molecule has 0 saturated heterocycles. The Bertz CT molecular complexity index is 459. The van der Waals surface area contributed by atoms with Gasteiger partial charge in [0.1, 0.15) is 12.4 Å². The summed E-state index contributed by atoms with van der Waals surface area (Å²) in [4.78, 5) is 24.3. The van der Waals surface area contributed by atoms with Crippen molar-refractivity contribution >= 4 is 17.4 Å². The van der Waals surface area contributed by atoms with E-state index in [1.807, 2.05) is 0 Å². The van der Waals surface area contributed by atoms with Crippen molar-refractivity contribution in [1.29, 1.82) is 0 Å². The molecule has 1 aromatic carbocycles. The van der Waals surface area contributed by atoms with Gasteiger partial charge >= 0.3 is 0 Å². The van der Waals surface area contributed by atoms with Crippen molar-refractivity contribution in [3.05, 3.63) is 23.8 Å². The number of methoxy groups -OCH3 is 1. The molecular formula is C11H10FNO3. The number of nitrogens with zero attached hydrogens (tertiary/aromatic N) is 1. The number of anilines is 1. The predicted octanol–water partition coefficient (Wildman–Crippen LogP) is 1.19. The van der Waals surface area contributed by atoms with Crippen LogP contribution in [-0.4, -0.2) is 32.0 Å². The van der Waals surface area contributed by atoms with Gasteiger partial charge in [-0.3, -0.25) is 9.59 Å². The topological polar surface area (TPSA) is 46.6 Å². The van der Waals surface area contributed by atoms with Gasteiger partial charge in [-0.1, -0.05) is 0 Å². The number of ketones is 1. The smallest absolute Gasteiger partial charge is 0.299 e. The van der Waals surface area contributed by atoms with E-state index in [9.17, 15) is 14.0 Å². The van der Waals surface area contributed by atoms with E-state index in [1.54, 1.807) is 12.1 Å². The minimum atomic E-state index is -0.680. The molecule has 1 amide bonds. The second kappa shape index (κ2) is 3.92. The first-order chi connectivity index (χ1) is 7.69. The minimum absolute atomic E-state index is 0.0934. The van der Waals surface area contributed by atoms with Crippen LogP contribution in [0.4, 0.5) is 10.1 Å². The van der Waals surface area contributed by atoms with Crippen LogP contribution < -0.4 is 9.64 Å². The summed E-state index contributed by atoms with van der Waals surface area (Å²) < 4.78 is 17.2. The van der Waals surface area contributed by atoms with Crippen LogP contribution in [0.5, 0.6) is 5.75 Å². The monoisotopic (exact) mass is 223 g/mol. The van der Waals surface area contributed by atoms with E-state index < -0.39 is 18.4 Å². The Balaban J connectivity index is 2.47. The Morgan fingerprint density at radius 3 is 2.75 bits per heavy atom. The summed E-state index contributed by atoms with van der Waals surface area (Å²) >= 11 is 0. The van der Waals surface area contributed by atoms with Gasteiger partial charge in [-0.05, 0) is 18.2 Å². The molecule has 2 rings (SSSR count). The lowest BCUT2D eigenvalue weighted by atomic mass is 10.1. The molecule has 0 fully saturated rings. The molecule has 0 bridgehead atoms. The molecule has 4 nitrogen and oxygen atoms in total. The van der Waals surface area contributed by atoms with Crippen LogP contribution in [-0.2, 0) is 4.79 Å². The molecule has 0 unspecified atom stereocenters. The van der Waals surface area contributed by atoms with Crippen molar-refractivity contribution in [3.8, 4) is 5.75 Å². The molecule has 16 heavy (non-hydrogen) atoms. The molecule has 0 saturated carbocycles. The molecule has 0 radical (unpaired) electrons. The summed E-state index contributed by atoms with van der Waals surface area (Å²) in [5.74, 6) is -0.787. The van der Waals surface area contributed by atoms with Gasteiger partial charge in [0, 0.05) is 0 Å². The van der Waals surface area contributed by atoms with Crippen molar-refractivity contribution in [3.63, 3.8) is 0 Å². The highest BCUT2D eigenvalue weighted by molar-refractivity contribution is 6.52. The fraction of sp³-hybridized carbons (Fsp3) is 0.273. The Kier molecular flexibility index (Phi) is 2.60. The predicted molar refractivity (Wildman–Crippen MR) is 55.7 cm³/mol. The highest BCUT2D eigenvalue weighted by atomic mass is 19.1. The van der Waals surface area contributed by atoms with E-state index in [2.05, 4.69) is 0 Å². The van der Waals surface area contributed by atoms with E-state index in [1.165, 1.54) is 13.2 Å². The van der Waals surface area contributed by atoms with Gasteiger partial charge in [-0.25, -0.2) is 4.39 Å². The molecule has 5 heteroatoms. The first kappa shape index (κ1) is 10.6. The van der Waals surface area contributed by atoms with Crippen molar-refractivity contribution in [2.45, 2.75) is 0 Å². The molecule has 0 spiro atoms. The largest absolute Gasteiger partial charge is 0.497 e. The van der Waals surface area contributed by atoms with Crippen molar-refractivity contribution in [1.82, 2.24) is 0 Å². The molecule has 1 aliphatic heterocycles. The zero-order valence-electron chi connectivity index (χ0n) is 8.70. The molecule has 0 N–H and O–H groups in total. The van der Waals surface area contributed by atoms with E-state index in [0.29, 0.717) is 11.4 Å². The van der Waals surface area contributed by atoms with Crippen LogP contribution in [0.2, 0.25) is 0 Å². The maximum atomic E-state index is 12.3. The number of carbonyl (C=O) groups is 2. The molecule has 0 atom stereocenters. The normalized spacial score (nSPS) is 14.2. The summed E-state index contributed by atoms with van der Waals surface area (Å²) in [5.41, 5.74) is 0.728. The van der Waals surface area contributed by atoms with E-state index in [-0.39, 0.29) is 12.1 Å². The third-order valence-electron chi connectivity index (χ3n) is 2.49. The fourth-order valence-electron chi connectivity index (χ4n) is 1.71. The maximum absolute atomic E-state index is 12.3. The van der Waals surface area contributed by atoms with Crippen LogP contribution in [0.1, 0.15) is 10.4 Å². The number of hydrogen-bond acceptors (Lipinski definition) is 3. The molecule has 0 aromatic heterocycles. The van der Waals surface area contributed by atoms with E-state index in [4.69, 9.17) is 4.74 Å². The number of rotatable bonds is 3. The Morgan fingerprint density at radius 2 is 2.12 bits per heavy atom. The number of hydrogen-bond donors (Lipinski definition) is 0. The third-order valence-corrected chi connectivity index (χ3v) is 2.49. The average Bonchev–Trinajstić information content (AvgIpc) is 2.54. The second-order valence-corrected chi connectivity index (χ2v) is 3.36. The lowest BCUT2D eigenvalue weighted by Gasteiger charge is -2.13. The first-order valence-electron chi connectivity index (χ1n) is 4.79. The van der Waals surface area contributed by atoms with E-state index in [0.717, 1.165) is 4.90 Å². The molecule has 84 valence electrons. The Hall–Kier alpha value is -1.91. The highest BCUT2D eigenvalue weighted by Gasteiger charge is 2.35. The van der Waals surface area contributed by atoms with Crippen LogP contribution in [0.3, 0.4) is 0 Å². The number of ether oxygens (including phenoxy) is 1. The number of fused-ring (bicyclic) bond motifs is 1. The minimum Gasteiger partial charge on any atom is -0.497 e. The Labute approximate surface area is 91.6 Å². The fourth-order valence-corrected chi connectivity index (χ4v) is 1.71.